The second kappa shape index (κ2) is 4.80. The smallest absolute Gasteiger partial charge is 0.152 e. The number of halogens is 3. The van der Waals surface area contributed by atoms with Crippen molar-refractivity contribution < 1.29 is 13.2 Å². The van der Waals surface area contributed by atoms with Crippen LogP contribution in [0.15, 0.2) is 12.1 Å². The number of benzene rings is 1. The third-order valence-electron chi connectivity index (χ3n) is 3.90. The van der Waals surface area contributed by atoms with Crippen molar-refractivity contribution >= 4 is 5.69 Å². The summed E-state index contributed by atoms with van der Waals surface area (Å²) in [7, 11) is 0. The van der Waals surface area contributed by atoms with E-state index >= 15 is 0 Å². The molecule has 0 aromatic heterocycles. The molecule has 1 saturated heterocycles. The molecule has 1 fully saturated rings. The van der Waals surface area contributed by atoms with Crippen molar-refractivity contribution in [1.29, 1.82) is 0 Å². The molecular formula is C13H17F3N2. The Kier molecular flexibility index (Phi) is 3.52. The highest BCUT2D eigenvalue weighted by atomic mass is 19.1. The lowest BCUT2D eigenvalue weighted by molar-refractivity contribution is 0.311. The molecule has 0 bridgehead atoms. The Morgan fingerprint density at radius 3 is 2.28 bits per heavy atom. The van der Waals surface area contributed by atoms with E-state index in [-0.39, 0.29) is 23.7 Å². The van der Waals surface area contributed by atoms with Crippen molar-refractivity contribution in [3.8, 4) is 0 Å². The van der Waals surface area contributed by atoms with Crippen LogP contribution >= 0.6 is 0 Å². The minimum atomic E-state index is -0.900. The molecular weight excluding hydrogens is 241 g/mol. The van der Waals surface area contributed by atoms with Crippen LogP contribution in [0, 0.1) is 23.4 Å². The van der Waals surface area contributed by atoms with Gasteiger partial charge in [-0.15, -0.1) is 0 Å². The summed E-state index contributed by atoms with van der Waals surface area (Å²) in [4.78, 5) is 1.64. The molecule has 2 rings (SSSR count). The van der Waals surface area contributed by atoms with Crippen LogP contribution in [0.4, 0.5) is 18.9 Å². The summed E-state index contributed by atoms with van der Waals surface area (Å²) >= 11 is 0. The van der Waals surface area contributed by atoms with Crippen LogP contribution in [0.2, 0.25) is 0 Å². The number of hydrogen-bond donors (Lipinski definition) is 1. The topological polar surface area (TPSA) is 29.3 Å². The minimum absolute atomic E-state index is 0.0304. The molecule has 1 aliphatic rings. The van der Waals surface area contributed by atoms with Crippen molar-refractivity contribution in [1.82, 2.24) is 0 Å². The summed E-state index contributed by atoms with van der Waals surface area (Å²) in [6.45, 7) is 4.32. The Hall–Kier alpha value is -1.23. The van der Waals surface area contributed by atoms with E-state index in [4.69, 9.17) is 5.73 Å². The second-order valence-electron chi connectivity index (χ2n) is 4.96. The summed E-state index contributed by atoms with van der Waals surface area (Å²) in [6.07, 6.45) is 0.668. The third-order valence-corrected chi connectivity index (χ3v) is 3.90. The molecule has 1 aromatic carbocycles. The van der Waals surface area contributed by atoms with Crippen molar-refractivity contribution in [2.24, 2.45) is 11.7 Å². The molecule has 18 heavy (non-hydrogen) atoms. The first-order valence-corrected chi connectivity index (χ1v) is 6.08. The van der Waals surface area contributed by atoms with Crippen LogP contribution in [0.1, 0.15) is 20.3 Å². The molecule has 2 N–H and O–H groups in total. The standard InChI is InChI=1S/C13H17F3N2/c1-7-8(2)18(4-3-12(7)17)13-10(15)5-9(14)6-11(13)16/h5-8,12H,3-4,17H2,1-2H3. The molecule has 5 heteroatoms. The molecule has 1 aromatic rings. The molecule has 100 valence electrons. The Balaban J connectivity index is 2.37. The zero-order valence-corrected chi connectivity index (χ0v) is 10.5. The maximum Gasteiger partial charge on any atom is 0.152 e. The predicted octanol–water partition coefficient (Wildman–Crippen LogP) is 2.67. The number of piperidine rings is 1. The van der Waals surface area contributed by atoms with Gasteiger partial charge in [0.25, 0.3) is 0 Å². The molecule has 0 amide bonds. The quantitative estimate of drug-likeness (QED) is 0.839. The first-order valence-electron chi connectivity index (χ1n) is 6.08. The molecule has 0 spiro atoms. The van der Waals surface area contributed by atoms with Crippen LogP contribution in [-0.4, -0.2) is 18.6 Å². The molecule has 0 saturated carbocycles. The van der Waals surface area contributed by atoms with Gasteiger partial charge < -0.3 is 10.6 Å². The van der Waals surface area contributed by atoms with E-state index in [9.17, 15) is 13.2 Å². The monoisotopic (exact) mass is 258 g/mol. The molecule has 1 heterocycles. The van der Waals surface area contributed by atoms with Gasteiger partial charge in [-0.05, 0) is 19.3 Å². The highest BCUT2D eigenvalue weighted by Crippen LogP contribution is 2.32. The van der Waals surface area contributed by atoms with Crippen molar-refractivity contribution in [3.63, 3.8) is 0 Å². The number of rotatable bonds is 1. The summed E-state index contributed by atoms with van der Waals surface area (Å²) in [6, 6.07) is 1.38. The number of nitrogens with two attached hydrogens (primary N) is 1. The molecule has 3 unspecified atom stereocenters. The fourth-order valence-electron chi connectivity index (χ4n) is 2.52. The van der Waals surface area contributed by atoms with E-state index in [0.29, 0.717) is 25.1 Å². The zero-order valence-electron chi connectivity index (χ0n) is 10.5. The Bertz CT molecular complexity index is 427. The third kappa shape index (κ3) is 2.19. The molecule has 3 atom stereocenters. The summed E-state index contributed by atoms with van der Waals surface area (Å²) in [5, 5.41) is 0. The first-order chi connectivity index (χ1) is 8.41. The number of anilines is 1. The molecule has 2 nitrogen and oxygen atoms in total. The molecule has 1 aliphatic heterocycles. The van der Waals surface area contributed by atoms with E-state index < -0.39 is 17.5 Å². The Morgan fingerprint density at radius 1 is 1.17 bits per heavy atom. The number of nitrogens with zero attached hydrogens (tertiary/aromatic N) is 1. The van der Waals surface area contributed by atoms with Crippen LogP contribution < -0.4 is 10.6 Å². The predicted molar refractivity (Wildman–Crippen MR) is 64.9 cm³/mol. The summed E-state index contributed by atoms with van der Waals surface area (Å²) < 4.78 is 40.4. The first kappa shape index (κ1) is 13.2. The van der Waals surface area contributed by atoms with Gasteiger partial charge in [-0.25, -0.2) is 13.2 Å². The van der Waals surface area contributed by atoms with E-state index in [1.165, 1.54) is 0 Å². The SMILES string of the molecule is CC1C(N)CCN(c2c(F)cc(F)cc2F)C1C. The van der Waals surface area contributed by atoms with Gasteiger partial charge in [-0.1, -0.05) is 6.92 Å². The van der Waals surface area contributed by atoms with E-state index in [0.717, 1.165) is 0 Å². The maximum absolute atomic E-state index is 13.7. The fraction of sp³-hybridized carbons (Fsp3) is 0.538. The highest BCUT2D eigenvalue weighted by Gasteiger charge is 2.33. The summed E-state index contributed by atoms with van der Waals surface area (Å²) in [5.74, 6) is -2.49. The average molecular weight is 258 g/mol. The van der Waals surface area contributed by atoms with Gasteiger partial charge in [0.2, 0.25) is 0 Å². The van der Waals surface area contributed by atoms with Gasteiger partial charge in [0.15, 0.2) is 11.6 Å². The normalized spacial score (nSPS) is 28.6. The van der Waals surface area contributed by atoms with Gasteiger partial charge in [0, 0.05) is 30.8 Å². The van der Waals surface area contributed by atoms with Crippen LogP contribution in [-0.2, 0) is 0 Å². The molecule has 0 aliphatic carbocycles. The Morgan fingerprint density at radius 2 is 1.72 bits per heavy atom. The van der Waals surface area contributed by atoms with E-state index in [1.807, 2.05) is 13.8 Å². The van der Waals surface area contributed by atoms with Gasteiger partial charge in [0.05, 0.1) is 0 Å². The van der Waals surface area contributed by atoms with Gasteiger partial charge in [-0.3, -0.25) is 0 Å². The van der Waals surface area contributed by atoms with Gasteiger partial charge >= 0.3 is 0 Å². The van der Waals surface area contributed by atoms with E-state index in [1.54, 1.807) is 4.90 Å². The summed E-state index contributed by atoms with van der Waals surface area (Å²) in [5.41, 5.74) is 5.78. The largest absolute Gasteiger partial charge is 0.364 e. The average Bonchev–Trinajstić information content (AvgIpc) is 2.28. The second-order valence-corrected chi connectivity index (χ2v) is 4.96. The maximum atomic E-state index is 13.7. The lowest BCUT2D eigenvalue weighted by Gasteiger charge is -2.42. The zero-order chi connectivity index (χ0) is 13.4. The minimum Gasteiger partial charge on any atom is -0.364 e. The lowest BCUT2D eigenvalue weighted by Crippen LogP contribution is -2.52. The van der Waals surface area contributed by atoms with Crippen molar-refractivity contribution in [2.75, 3.05) is 11.4 Å². The van der Waals surface area contributed by atoms with Crippen LogP contribution in [0.3, 0.4) is 0 Å². The van der Waals surface area contributed by atoms with Crippen LogP contribution in [0.25, 0.3) is 0 Å². The van der Waals surface area contributed by atoms with Crippen molar-refractivity contribution in [3.05, 3.63) is 29.6 Å². The fourth-order valence-corrected chi connectivity index (χ4v) is 2.52. The van der Waals surface area contributed by atoms with Crippen molar-refractivity contribution in [2.45, 2.75) is 32.4 Å². The highest BCUT2D eigenvalue weighted by molar-refractivity contribution is 5.51. The number of hydrogen-bond acceptors (Lipinski definition) is 2. The van der Waals surface area contributed by atoms with Crippen LogP contribution in [0.5, 0.6) is 0 Å². The Labute approximate surface area is 105 Å². The molecule has 0 radical (unpaired) electrons. The van der Waals surface area contributed by atoms with Gasteiger partial charge in [-0.2, -0.15) is 0 Å². The van der Waals surface area contributed by atoms with E-state index in [2.05, 4.69) is 0 Å². The lowest BCUT2D eigenvalue weighted by atomic mass is 9.87. The van der Waals surface area contributed by atoms with Gasteiger partial charge in [0.1, 0.15) is 11.5 Å².